The Labute approximate surface area is 205 Å². The minimum absolute atomic E-state index is 0. The van der Waals surface area contributed by atoms with Crippen LogP contribution in [0.1, 0.15) is 32.3 Å². The summed E-state index contributed by atoms with van der Waals surface area (Å²) in [5.74, 6) is 1.59. The van der Waals surface area contributed by atoms with Gasteiger partial charge in [0.1, 0.15) is 0 Å². The molecule has 9 heteroatoms. The fraction of sp³-hybridized carbons (Fsp3) is 0.682. The van der Waals surface area contributed by atoms with Crippen molar-refractivity contribution in [3.05, 3.63) is 35.9 Å². The van der Waals surface area contributed by atoms with Crippen LogP contribution in [0.3, 0.4) is 0 Å². The van der Waals surface area contributed by atoms with E-state index in [9.17, 15) is 8.42 Å². The number of morpholine rings is 1. The number of sulfone groups is 1. The van der Waals surface area contributed by atoms with E-state index in [2.05, 4.69) is 34.4 Å². The number of hydrogen-bond acceptors (Lipinski definition) is 5. The predicted molar refractivity (Wildman–Crippen MR) is 139 cm³/mol. The van der Waals surface area contributed by atoms with Gasteiger partial charge < -0.3 is 15.4 Å². The lowest BCUT2D eigenvalue weighted by atomic mass is 10.0. The van der Waals surface area contributed by atoms with Crippen molar-refractivity contribution in [2.75, 3.05) is 52.2 Å². The average Bonchev–Trinajstić information content (AvgIpc) is 2.73. The number of hydrogen-bond donors (Lipinski definition) is 2. The van der Waals surface area contributed by atoms with E-state index in [-0.39, 0.29) is 35.5 Å². The second kappa shape index (κ2) is 15.0. The smallest absolute Gasteiger partial charge is 0.191 e. The number of halogens is 1. The standard InChI is InChI=1S/C22H38N4O3S.HI/c1-19(2)16-21(26-11-13-29-14-12-26)17-25-22(23-3)24-10-7-15-30(27,28)18-20-8-5-4-6-9-20;/h4-6,8-9,19,21H,7,10-18H2,1-3H3,(H2,23,24,25);1H. The number of nitrogens with one attached hydrogen (secondary N) is 2. The van der Waals surface area contributed by atoms with Gasteiger partial charge in [0.05, 0.1) is 24.7 Å². The van der Waals surface area contributed by atoms with Crippen LogP contribution in [0, 0.1) is 5.92 Å². The highest BCUT2D eigenvalue weighted by atomic mass is 127. The number of aliphatic imine (C=N–C) groups is 1. The lowest BCUT2D eigenvalue weighted by molar-refractivity contribution is 0.0132. The van der Waals surface area contributed by atoms with Crippen molar-refractivity contribution < 1.29 is 13.2 Å². The number of guanidine groups is 1. The first-order valence-electron chi connectivity index (χ1n) is 10.9. The van der Waals surface area contributed by atoms with Gasteiger partial charge in [-0.1, -0.05) is 44.2 Å². The van der Waals surface area contributed by atoms with Crippen LogP contribution in [-0.2, 0) is 20.3 Å². The molecule has 1 aromatic carbocycles. The van der Waals surface area contributed by atoms with Crippen LogP contribution < -0.4 is 10.6 Å². The van der Waals surface area contributed by atoms with Crippen molar-refractivity contribution in [1.29, 1.82) is 0 Å². The zero-order chi connectivity index (χ0) is 21.8. The molecule has 0 radical (unpaired) electrons. The summed E-state index contributed by atoms with van der Waals surface area (Å²) in [4.78, 5) is 6.77. The van der Waals surface area contributed by atoms with Gasteiger partial charge in [-0.15, -0.1) is 24.0 Å². The van der Waals surface area contributed by atoms with Crippen molar-refractivity contribution >= 4 is 39.8 Å². The Hall–Kier alpha value is -0.910. The molecule has 1 heterocycles. The van der Waals surface area contributed by atoms with Gasteiger partial charge in [-0.3, -0.25) is 9.89 Å². The van der Waals surface area contributed by atoms with Crippen LogP contribution in [0.2, 0.25) is 0 Å². The highest BCUT2D eigenvalue weighted by Gasteiger charge is 2.22. The first kappa shape index (κ1) is 28.1. The number of nitrogens with zero attached hydrogens (tertiary/aromatic N) is 2. The summed E-state index contributed by atoms with van der Waals surface area (Å²) >= 11 is 0. The third kappa shape index (κ3) is 11.5. The molecule has 1 saturated heterocycles. The molecule has 178 valence electrons. The molecule has 0 spiro atoms. The van der Waals surface area contributed by atoms with Gasteiger partial charge in [0, 0.05) is 39.3 Å². The maximum atomic E-state index is 12.3. The molecule has 1 aromatic rings. The van der Waals surface area contributed by atoms with E-state index in [0.29, 0.717) is 24.9 Å². The minimum atomic E-state index is -3.11. The van der Waals surface area contributed by atoms with Crippen LogP contribution in [0.4, 0.5) is 0 Å². The first-order valence-corrected chi connectivity index (χ1v) is 12.7. The molecule has 1 aliphatic rings. The third-order valence-corrected chi connectivity index (χ3v) is 6.87. The summed E-state index contributed by atoms with van der Waals surface area (Å²) in [7, 11) is -1.37. The van der Waals surface area contributed by atoms with Crippen molar-refractivity contribution in [3.8, 4) is 0 Å². The SMILES string of the molecule is CN=C(NCCCS(=O)(=O)Cc1ccccc1)NCC(CC(C)C)N1CCOCC1.I. The molecule has 31 heavy (non-hydrogen) atoms. The molecule has 1 aliphatic heterocycles. The van der Waals surface area contributed by atoms with Gasteiger partial charge in [-0.2, -0.15) is 0 Å². The van der Waals surface area contributed by atoms with E-state index in [1.807, 2.05) is 30.3 Å². The zero-order valence-corrected chi connectivity index (χ0v) is 22.2. The molecule has 0 amide bonds. The number of benzene rings is 1. The Bertz CT molecular complexity index is 738. The Morgan fingerprint density at radius 3 is 2.45 bits per heavy atom. The summed E-state index contributed by atoms with van der Waals surface area (Å²) in [5, 5.41) is 6.67. The van der Waals surface area contributed by atoms with E-state index in [1.165, 1.54) is 0 Å². The molecule has 1 unspecified atom stereocenters. The van der Waals surface area contributed by atoms with Crippen LogP contribution in [0.15, 0.2) is 35.3 Å². The zero-order valence-electron chi connectivity index (χ0n) is 19.0. The van der Waals surface area contributed by atoms with E-state index in [4.69, 9.17) is 4.74 Å². The highest BCUT2D eigenvalue weighted by molar-refractivity contribution is 14.0. The van der Waals surface area contributed by atoms with Gasteiger partial charge in [0.15, 0.2) is 15.8 Å². The van der Waals surface area contributed by atoms with Gasteiger partial charge in [0.2, 0.25) is 0 Å². The monoisotopic (exact) mass is 566 g/mol. The molecular formula is C22H39IN4O3S. The highest BCUT2D eigenvalue weighted by Crippen LogP contribution is 2.13. The largest absolute Gasteiger partial charge is 0.379 e. The first-order chi connectivity index (χ1) is 14.4. The van der Waals surface area contributed by atoms with E-state index >= 15 is 0 Å². The molecule has 0 aliphatic carbocycles. The summed E-state index contributed by atoms with van der Waals surface area (Å²) < 4.78 is 30.1. The van der Waals surface area contributed by atoms with Gasteiger partial charge in [0.25, 0.3) is 0 Å². The van der Waals surface area contributed by atoms with Crippen molar-refractivity contribution in [2.45, 2.75) is 38.5 Å². The Morgan fingerprint density at radius 2 is 1.84 bits per heavy atom. The molecular weight excluding hydrogens is 527 g/mol. The molecule has 1 atom stereocenters. The number of ether oxygens (including phenoxy) is 1. The van der Waals surface area contributed by atoms with Crippen LogP contribution >= 0.6 is 24.0 Å². The second-order valence-corrected chi connectivity index (χ2v) is 10.4. The van der Waals surface area contributed by atoms with E-state index < -0.39 is 9.84 Å². The maximum absolute atomic E-state index is 12.3. The Balaban J connectivity index is 0.00000480. The summed E-state index contributed by atoms with van der Waals surface area (Å²) in [6.45, 7) is 9.38. The molecule has 0 aromatic heterocycles. The van der Waals surface area contributed by atoms with Gasteiger partial charge >= 0.3 is 0 Å². The Kier molecular flexibility index (Phi) is 13.6. The second-order valence-electron chi connectivity index (χ2n) is 8.24. The third-order valence-electron chi connectivity index (χ3n) is 5.19. The van der Waals surface area contributed by atoms with Crippen LogP contribution in [-0.4, -0.2) is 77.5 Å². The predicted octanol–water partition coefficient (Wildman–Crippen LogP) is 2.52. The lowest BCUT2D eigenvalue weighted by Crippen LogP contribution is -2.51. The quantitative estimate of drug-likeness (QED) is 0.186. The fourth-order valence-electron chi connectivity index (χ4n) is 3.68. The molecule has 1 fully saturated rings. The van der Waals surface area contributed by atoms with E-state index in [0.717, 1.165) is 50.8 Å². The van der Waals surface area contributed by atoms with Crippen molar-refractivity contribution in [2.24, 2.45) is 10.9 Å². The molecule has 7 nitrogen and oxygen atoms in total. The molecule has 0 saturated carbocycles. The van der Waals surface area contributed by atoms with Crippen LogP contribution in [0.25, 0.3) is 0 Å². The minimum Gasteiger partial charge on any atom is -0.379 e. The fourth-order valence-corrected chi connectivity index (χ4v) is 5.11. The summed E-state index contributed by atoms with van der Waals surface area (Å²) in [6, 6.07) is 9.76. The number of rotatable bonds is 11. The molecule has 2 N–H and O–H groups in total. The van der Waals surface area contributed by atoms with E-state index in [1.54, 1.807) is 7.05 Å². The molecule has 0 bridgehead atoms. The summed E-state index contributed by atoms with van der Waals surface area (Å²) in [5.41, 5.74) is 0.835. The topological polar surface area (TPSA) is 83.0 Å². The lowest BCUT2D eigenvalue weighted by Gasteiger charge is -2.35. The van der Waals surface area contributed by atoms with Gasteiger partial charge in [-0.05, 0) is 24.3 Å². The molecule has 2 rings (SSSR count). The summed E-state index contributed by atoms with van der Waals surface area (Å²) in [6.07, 6.45) is 1.66. The average molecular weight is 567 g/mol. The van der Waals surface area contributed by atoms with Crippen molar-refractivity contribution in [3.63, 3.8) is 0 Å². The Morgan fingerprint density at radius 1 is 1.16 bits per heavy atom. The maximum Gasteiger partial charge on any atom is 0.191 e. The normalized spacial score (nSPS) is 16.6. The van der Waals surface area contributed by atoms with Gasteiger partial charge in [-0.25, -0.2) is 8.42 Å². The van der Waals surface area contributed by atoms with Crippen molar-refractivity contribution in [1.82, 2.24) is 15.5 Å². The van der Waals surface area contributed by atoms with Crippen LogP contribution in [0.5, 0.6) is 0 Å².